The fourth-order valence-corrected chi connectivity index (χ4v) is 3.92. The molecule has 2 atom stereocenters. The van der Waals surface area contributed by atoms with E-state index in [1.807, 2.05) is 0 Å². The number of methoxy groups -OCH3 is 1. The van der Waals surface area contributed by atoms with Crippen LogP contribution in [0.15, 0.2) is 0 Å². The average molecular weight is 301 g/mol. The van der Waals surface area contributed by atoms with Crippen LogP contribution in [-0.2, 0) is 14.3 Å². The molecule has 1 fully saturated rings. The van der Waals surface area contributed by atoms with Gasteiger partial charge in [0.2, 0.25) is 5.91 Å². The van der Waals surface area contributed by atoms with Crippen LogP contribution in [0.2, 0.25) is 0 Å². The van der Waals surface area contributed by atoms with Crippen molar-refractivity contribution in [3.05, 3.63) is 0 Å². The predicted molar refractivity (Wildman–Crippen MR) is 82.6 cm³/mol. The van der Waals surface area contributed by atoms with Crippen LogP contribution in [0.3, 0.4) is 0 Å². The normalized spacial score (nSPS) is 22.1. The standard InChI is InChI=1S/C15H27NO3S/c1-4-6-8-10-14-16(13(17)9-7-5-2)12(11-20-14)15(18)19-3/h12,14H,4-11H2,1-3H3. The predicted octanol–water partition coefficient (Wildman–Crippen LogP) is 3.20. The Labute approximate surface area is 126 Å². The topological polar surface area (TPSA) is 46.6 Å². The van der Waals surface area contributed by atoms with E-state index in [4.69, 9.17) is 4.74 Å². The van der Waals surface area contributed by atoms with Gasteiger partial charge in [0.05, 0.1) is 12.5 Å². The SMILES string of the molecule is CCCCCC1SCC(C(=O)OC)N1C(=O)CCCC. The second-order valence-electron chi connectivity index (χ2n) is 5.23. The molecule has 5 heteroatoms. The van der Waals surface area contributed by atoms with Crippen LogP contribution >= 0.6 is 11.8 Å². The molecule has 0 radical (unpaired) electrons. The van der Waals surface area contributed by atoms with Crippen molar-refractivity contribution in [1.29, 1.82) is 0 Å². The van der Waals surface area contributed by atoms with E-state index in [0.29, 0.717) is 12.2 Å². The molecule has 0 aromatic carbocycles. The number of esters is 1. The average Bonchev–Trinajstić information content (AvgIpc) is 2.88. The van der Waals surface area contributed by atoms with Gasteiger partial charge in [-0.1, -0.05) is 39.5 Å². The van der Waals surface area contributed by atoms with E-state index >= 15 is 0 Å². The van der Waals surface area contributed by atoms with Crippen molar-refractivity contribution in [2.75, 3.05) is 12.9 Å². The third-order valence-corrected chi connectivity index (χ3v) is 5.01. The fourth-order valence-electron chi connectivity index (χ4n) is 2.46. The summed E-state index contributed by atoms with van der Waals surface area (Å²) in [4.78, 5) is 26.0. The Morgan fingerprint density at radius 3 is 2.50 bits per heavy atom. The van der Waals surface area contributed by atoms with Crippen molar-refractivity contribution in [2.24, 2.45) is 0 Å². The maximum atomic E-state index is 12.4. The van der Waals surface area contributed by atoms with E-state index in [0.717, 1.165) is 25.7 Å². The largest absolute Gasteiger partial charge is 0.467 e. The summed E-state index contributed by atoms with van der Waals surface area (Å²) in [6.45, 7) is 4.24. The van der Waals surface area contributed by atoms with Gasteiger partial charge in [0.15, 0.2) is 0 Å². The second-order valence-corrected chi connectivity index (χ2v) is 6.44. The van der Waals surface area contributed by atoms with Gasteiger partial charge in [0.1, 0.15) is 6.04 Å². The van der Waals surface area contributed by atoms with Crippen molar-refractivity contribution in [2.45, 2.75) is 70.2 Å². The first-order valence-electron chi connectivity index (χ1n) is 7.66. The summed E-state index contributed by atoms with van der Waals surface area (Å²) in [5, 5.41) is 0.148. The molecule has 2 unspecified atom stereocenters. The molecule has 1 aliphatic heterocycles. The van der Waals surface area contributed by atoms with Crippen molar-refractivity contribution in [1.82, 2.24) is 4.90 Å². The van der Waals surface area contributed by atoms with Crippen LogP contribution < -0.4 is 0 Å². The number of unbranched alkanes of at least 4 members (excludes halogenated alkanes) is 3. The summed E-state index contributed by atoms with van der Waals surface area (Å²) in [7, 11) is 1.39. The Morgan fingerprint density at radius 2 is 1.90 bits per heavy atom. The highest BCUT2D eigenvalue weighted by atomic mass is 32.2. The highest BCUT2D eigenvalue weighted by Crippen LogP contribution is 2.33. The molecule has 1 rings (SSSR count). The van der Waals surface area contributed by atoms with Gasteiger partial charge in [-0.05, 0) is 12.8 Å². The molecule has 0 spiro atoms. The zero-order chi connectivity index (χ0) is 15.0. The molecule has 1 heterocycles. The molecule has 0 aliphatic carbocycles. The van der Waals surface area contributed by atoms with Gasteiger partial charge in [-0.3, -0.25) is 4.79 Å². The third-order valence-electron chi connectivity index (χ3n) is 3.65. The van der Waals surface area contributed by atoms with E-state index in [1.165, 1.54) is 20.0 Å². The second kappa shape index (κ2) is 9.27. The molecule has 1 saturated heterocycles. The zero-order valence-electron chi connectivity index (χ0n) is 12.9. The fraction of sp³-hybridized carbons (Fsp3) is 0.867. The summed E-state index contributed by atoms with van der Waals surface area (Å²) in [6, 6.07) is -0.388. The summed E-state index contributed by atoms with van der Waals surface area (Å²) < 4.78 is 4.85. The number of rotatable bonds is 8. The Bertz CT molecular complexity index is 322. The summed E-state index contributed by atoms with van der Waals surface area (Å²) in [5.74, 6) is 0.496. The minimum Gasteiger partial charge on any atom is -0.467 e. The number of carbonyl (C=O) groups is 2. The first-order chi connectivity index (χ1) is 9.65. The van der Waals surface area contributed by atoms with E-state index in [9.17, 15) is 9.59 Å². The Morgan fingerprint density at radius 1 is 1.20 bits per heavy atom. The molecule has 1 aliphatic rings. The highest BCUT2D eigenvalue weighted by molar-refractivity contribution is 8.00. The summed E-state index contributed by atoms with van der Waals surface area (Å²) >= 11 is 1.72. The molecular weight excluding hydrogens is 274 g/mol. The molecule has 1 amide bonds. The van der Waals surface area contributed by atoms with Gasteiger partial charge in [-0.15, -0.1) is 11.8 Å². The van der Waals surface area contributed by atoms with E-state index in [2.05, 4.69) is 13.8 Å². The van der Waals surface area contributed by atoms with Gasteiger partial charge in [0.25, 0.3) is 0 Å². The monoisotopic (exact) mass is 301 g/mol. The minimum absolute atomic E-state index is 0.105. The molecule has 116 valence electrons. The van der Waals surface area contributed by atoms with Crippen LogP contribution in [-0.4, -0.2) is 41.1 Å². The number of carbonyl (C=O) groups excluding carboxylic acids is 2. The summed E-state index contributed by atoms with van der Waals surface area (Å²) in [6.07, 6.45) is 6.85. The molecule has 0 N–H and O–H groups in total. The van der Waals surface area contributed by atoms with Crippen molar-refractivity contribution < 1.29 is 14.3 Å². The van der Waals surface area contributed by atoms with Gasteiger partial charge in [-0.25, -0.2) is 4.79 Å². The molecule has 4 nitrogen and oxygen atoms in total. The number of ether oxygens (including phenoxy) is 1. The Balaban J connectivity index is 2.68. The number of hydrogen-bond acceptors (Lipinski definition) is 4. The van der Waals surface area contributed by atoms with Crippen LogP contribution in [0.4, 0.5) is 0 Å². The molecular formula is C15H27NO3S. The maximum Gasteiger partial charge on any atom is 0.329 e. The van der Waals surface area contributed by atoms with Crippen molar-refractivity contribution in [3.63, 3.8) is 0 Å². The number of amides is 1. The molecule has 20 heavy (non-hydrogen) atoms. The van der Waals surface area contributed by atoms with Crippen LogP contribution in [0.5, 0.6) is 0 Å². The van der Waals surface area contributed by atoms with Crippen LogP contribution in [0.1, 0.15) is 58.8 Å². The van der Waals surface area contributed by atoms with E-state index in [1.54, 1.807) is 16.7 Å². The lowest BCUT2D eigenvalue weighted by molar-refractivity contribution is -0.151. The lowest BCUT2D eigenvalue weighted by Gasteiger charge is -2.28. The van der Waals surface area contributed by atoms with Gasteiger partial charge < -0.3 is 9.64 Å². The van der Waals surface area contributed by atoms with E-state index < -0.39 is 0 Å². The van der Waals surface area contributed by atoms with Crippen molar-refractivity contribution >= 4 is 23.6 Å². The Hall–Kier alpha value is -0.710. The number of nitrogens with zero attached hydrogens (tertiary/aromatic N) is 1. The summed E-state index contributed by atoms with van der Waals surface area (Å²) in [5.41, 5.74) is 0. The van der Waals surface area contributed by atoms with Crippen molar-refractivity contribution in [3.8, 4) is 0 Å². The molecule has 0 aromatic heterocycles. The van der Waals surface area contributed by atoms with E-state index in [-0.39, 0.29) is 23.3 Å². The quantitative estimate of drug-likeness (QED) is 0.510. The van der Waals surface area contributed by atoms with Crippen LogP contribution in [0.25, 0.3) is 0 Å². The van der Waals surface area contributed by atoms with Gasteiger partial charge in [-0.2, -0.15) is 0 Å². The number of hydrogen-bond donors (Lipinski definition) is 0. The van der Waals surface area contributed by atoms with Crippen LogP contribution in [0, 0.1) is 0 Å². The first-order valence-corrected chi connectivity index (χ1v) is 8.71. The maximum absolute atomic E-state index is 12.4. The lowest BCUT2D eigenvalue weighted by atomic mass is 10.1. The number of thioether (sulfide) groups is 1. The van der Waals surface area contributed by atoms with Gasteiger partial charge in [0, 0.05) is 12.2 Å². The molecule has 0 bridgehead atoms. The molecule has 0 aromatic rings. The minimum atomic E-state index is -0.388. The zero-order valence-corrected chi connectivity index (χ0v) is 13.7. The third kappa shape index (κ3) is 4.69. The Kier molecular flexibility index (Phi) is 8.04. The van der Waals surface area contributed by atoms with Gasteiger partial charge >= 0.3 is 5.97 Å². The first kappa shape index (κ1) is 17.3. The molecule has 0 saturated carbocycles. The smallest absolute Gasteiger partial charge is 0.329 e. The highest BCUT2D eigenvalue weighted by Gasteiger charge is 2.41. The lowest BCUT2D eigenvalue weighted by Crippen LogP contribution is -2.46.